The molecule has 2 atom stereocenters. The third-order valence-electron chi connectivity index (χ3n) is 4.61. The van der Waals surface area contributed by atoms with Gasteiger partial charge in [0.15, 0.2) is 0 Å². The fourth-order valence-corrected chi connectivity index (χ4v) is 3.39. The Kier molecular flexibility index (Phi) is 6.21. The van der Waals surface area contributed by atoms with Gasteiger partial charge in [-0.15, -0.1) is 0 Å². The summed E-state index contributed by atoms with van der Waals surface area (Å²) in [6.07, 6.45) is 1.22. The fourth-order valence-electron chi connectivity index (χ4n) is 3.39. The van der Waals surface area contributed by atoms with Crippen LogP contribution in [-0.2, 0) is 20.9 Å². The van der Waals surface area contributed by atoms with Crippen LogP contribution in [0, 0.1) is 5.92 Å². The normalized spacial score (nSPS) is 19.4. The molecule has 1 amide bonds. The van der Waals surface area contributed by atoms with Gasteiger partial charge in [0.1, 0.15) is 0 Å². The Morgan fingerprint density at radius 2 is 2.00 bits per heavy atom. The molecule has 0 saturated carbocycles. The molecule has 142 valence electrons. The number of carboxylic acids is 1. The monoisotopic (exact) mass is 369 g/mol. The average Bonchev–Trinajstić information content (AvgIpc) is 2.68. The highest BCUT2D eigenvalue weighted by Crippen LogP contribution is 2.34. The van der Waals surface area contributed by atoms with Gasteiger partial charge < -0.3 is 19.9 Å². The molecule has 6 heteroatoms. The number of aromatic carboxylic acids is 1. The van der Waals surface area contributed by atoms with E-state index in [0.717, 1.165) is 18.4 Å². The zero-order chi connectivity index (χ0) is 19.2. The first-order valence-electron chi connectivity index (χ1n) is 8.92. The molecule has 0 aliphatic carbocycles. The molecule has 6 nitrogen and oxygen atoms in total. The summed E-state index contributed by atoms with van der Waals surface area (Å²) in [7, 11) is 1.54. The Balaban J connectivity index is 1.82. The van der Waals surface area contributed by atoms with Crippen LogP contribution in [-0.4, -0.2) is 30.7 Å². The largest absolute Gasteiger partial charge is 0.478 e. The maximum absolute atomic E-state index is 12.9. The number of ether oxygens (including phenoxy) is 2. The van der Waals surface area contributed by atoms with E-state index in [-0.39, 0.29) is 30.1 Å². The Hall–Kier alpha value is -2.70. The Labute approximate surface area is 158 Å². The first-order valence-corrected chi connectivity index (χ1v) is 8.92. The van der Waals surface area contributed by atoms with Crippen molar-refractivity contribution >= 4 is 17.6 Å². The zero-order valence-corrected chi connectivity index (χ0v) is 15.2. The molecule has 27 heavy (non-hydrogen) atoms. The van der Waals surface area contributed by atoms with Gasteiger partial charge in [-0.05, 0) is 42.2 Å². The van der Waals surface area contributed by atoms with Crippen molar-refractivity contribution in [3.63, 3.8) is 0 Å². The number of anilines is 1. The molecule has 1 heterocycles. The minimum absolute atomic E-state index is 0.111. The summed E-state index contributed by atoms with van der Waals surface area (Å²) in [6, 6.07) is 14.4. The Morgan fingerprint density at radius 1 is 1.22 bits per heavy atom. The van der Waals surface area contributed by atoms with Crippen LogP contribution in [0.15, 0.2) is 48.5 Å². The van der Waals surface area contributed by atoms with E-state index in [9.17, 15) is 14.7 Å². The highest BCUT2D eigenvalue weighted by molar-refractivity contribution is 5.95. The van der Waals surface area contributed by atoms with Gasteiger partial charge in [-0.2, -0.15) is 0 Å². The smallest absolute Gasteiger partial charge is 0.335 e. The molecule has 0 radical (unpaired) electrons. The summed E-state index contributed by atoms with van der Waals surface area (Å²) >= 11 is 0. The maximum atomic E-state index is 12.9. The number of amides is 1. The SMILES string of the molecule is COCc1cc(NC(=O)C2CCCOC2c2ccccc2)cc(C(=O)O)c1. The second kappa shape index (κ2) is 8.79. The predicted octanol–water partition coefficient (Wildman–Crippen LogP) is 3.64. The van der Waals surface area contributed by atoms with Crippen molar-refractivity contribution in [3.8, 4) is 0 Å². The van der Waals surface area contributed by atoms with Crippen molar-refractivity contribution in [1.82, 2.24) is 0 Å². The van der Waals surface area contributed by atoms with Gasteiger partial charge in [0, 0.05) is 19.4 Å². The predicted molar refractivity (Wildman–Crippen MR) is 101 cm³/mol. The molecule has 1 fully saturated rings. The summed E-state index contributed by atoms with van der Waals surface area (Å²) in [5.74, 6) is -1.55. The molecule has 0 spiro atoms. The third kappa shape index (κ3) is 4.72. The van der Waals surface area contributed by atoms with Crippen LogP contribution in [0.25, 0.3) is 0 Å². The standard InChI is InChI=1S/C21H23NO5/c1-26-13-14-10-16(21(24)25)12-17(11-14)22-20(23)18-8-5-9-27-19(18)15-6-3-2-4-7-15/h2-4,6-7,10-12,18-19H,5,8-9,13H2,1H3,(H,22,23)(H,24,25). The van der Waals surface area contributed by atoms with Crippen LogP contribution in [0.5, 0.6) is 0 Å². The van der Waals surface area contributed by atoms with Gasteiger partial charge in [-0.25, -0.2) is 4.79 Å². The van der Waals surface area contributed by atoms with Crippen molar-refractivity contribution in [3.05, 3.63) is 65.2 Å². The van der Waals surface area contributed by atoms with E-state index in [4.69, 9.17) is 9.47 Å². The Bertz CT molecular complexity index is 805. The summed E-state index contributed by atoms with van der Waals surface area (Å²) in [4.78, 5) is 24.3. The van der Waals surface area contributed by atoms with Crippen molar-refractivity contribution in [2.45, 2.75) is 25.6 Å². The van der Waals surface area contributed by atoms with Gasteiger partial charge in [-0.1, -0.05) is 30.3 Å². The van der Waals surface area contributed by atoms with Crippen LogP contribution in [0.1, 0.15) is 40.4 Å². The van der Waals surface area contributed by atoms with E-state index in [1.165, 1.54) is 19.2 Å². The molecular formula is C21H23NO5. The summed E-state index contributed by atoms with van der Waals surface area (Å²) in [6.45, 7) is 0.888. The number of carbonyl (C=O) groups excluding carboxylic acids is 1. The molecule has 2 aromatic rings. The molecule has 0 aromatic heterocycles. The van der Waals surface area contributed by atoms with Gasteiger partial charge in [0.05, 0.1) is 24.2 Å². The molecule has 2 N–H and O–H groups in total. The van der Waals surface area contributed by atoms with Crippen molar-refractivity contribution in [1.29, 1.82) is 0 Å². The highest BCUT2D eigenvalue weighted by Gasteiger charge is 2.33. The van der Waals surface area contributed by atoms with E-state index in [2.05, 4.69) is 5.32 Å². The number of nitrogens with one attached hydrogen (secondary N) is 1. The lowest BCUT2D eigenvalue weighted by molar-refractivity contribution is -0.129. The quantitative estimate of drug-likeness (QED) is 0.812. The van der Waals surface area contributed by atoms with Crippen molar-refractivity contribution in [2.75, 3.05) is 19.0 Å². The number of rotatable bonds is 6. The van der Waals surface area contributed by atoms with Crippen LogP contribution in [0.3, 0.4) is 0 Å². The summed E-state index contributed by atoms with van der Waals surface area (Å²) in [5.41, 5.74) is 2.22. The first kappa shape index (κ1) is 19.1. The Morgan fingerprint density at radius 3 is 2.70 bits per heavy atom. The number of benzene rings is 2. The topological polar surface area (TPSA) is 84.9 Å². The molecule has 2 unspecified atom stereocenters. The number of hydrogen-bond donors (Lipinski definition) is 2. The minimum atomic E-state index is -1.05. The number of hydrogen-bond acceptors (Lipinski definition) is 4. The van der Waals surface area contributed by atoms with E-state index < -0.39 is 5.97 Å². The van der Waals surface area contributed by atoms with Gasteiger partial charge >= 0.3 is 5.97 Å². The van der Waals surface area contributed by atoms with E-state index in [1.54, 1.807) is 6.07 Å². The maximum Gasteiger partial charge on any atom is 0.335 e. The number of methoxy groups -OCH3 is 1. The van der Waals surface area contributed by atoms with Crippen molar-refractivity contribution in [2.24, 2.45) is 5.92 Å². The lowest BCUT2D eigenvalue weighted by Crippen LogP contribution is -2.33. The number of carboxylic acid groups (broad SMARTS) is 1. The van der Waals surface area contributed by atoms with Crippen LogP contribution in [0.4, 0.5) is 5.69 Å². The fraction of sp³-hybridized carbons (Fsp3) is 0.333. The zero-order valence-electron chi connectivity index (χ0n) is 15.2. The first-order chi connectivity index (χ1) is 13.1. The average molecular weight is 369 g/mol. The molecular weight excluding hydrogens is 346 g/mol. The van der Waals surface area contributed by atoms with Crippen LogP contribution >= 0.6 is 0 Å². The third-order valence-corrected chi connectivity index (χ3v) is 4.61. The highest BCUT2D eigenvalue weighted by atomic mass is 16.5. The number of carbonyl (C=O) groups is 2. The van der Waals surface area contributed by atoms with Gasteiger partial charge in [-0.3, -0.25) is 4.79 Å². The van der Waals surface area contributed by atoms with E-state index >= 15 is 0 Å². The van der Waals surface area contributed by atoms with Crippen LogP contribution in [0.2, 0.25) is 0 Å². The van der Waals surface area contributed by atoms with E-state index in [0.29, 0.717) is 17.9 Å². The minimum Gasteiger partial charge on any atom is -0.478 e. The second-order valence-electron chi connectivity index (χ2n) is 6.60. The van der Waals surface area contributed by atoms with Crippen molar-refractivity contribution < 1.29 is 24.2 Å². The summed E-state index contributed by atoms with van der Waals surface area (Å²) < 4.78 is 11.0. The molecule has 1 aliphatic heterocycles. The molecule has 0 bridgehead atoms. The van der Waals surface area contributed by atoms with E-state index in [1.807, 2.05) is 30.3 Å². The van der Waals surface area contributed by atoms with Crippen LogP contribution < -0.4 is 5.32 Å². The summed E-state index contributed by atoms with van der Waals surface area (Å²) in [5, 5.41) is 12.2. The van der Waals surface area contributed by atoms with Gasteiger partial charge in [0.25, 0.3) is 0 Å². The molecule has 3 rings (SSSR count). The molecule has 1 saturated heterocycles. The second-order valence-corrected chi connectivity index (χ2v) is 6.60. The van der Waals surface area contributed by atoms with Gasteiger partial charge in [0.2, 0.25) is 5.91 Å². The molecule has 1 aliphatic rings. The lowest BCUT2D eigenvalue weighted by Gasteiger charge is -2.31. The molecule has 2 aromatic carbocycles. The lowest BCUT2D eigenvalue weighted by atomic mass is 9.88.